The van der Waals surface area contributed by atoms with Crippen molar-refractivity contribution in [3.05, 3.63) is 83.8 Å². The number of carbonyl (C=O) groups excluding carboxylic acids is 1. The van der Waals surface area contributed by atoms with Crippen molar-refractivity contribution in [2.24, 2.45) is 0 Å². The maximum atomic E-state index is 13.1. The first-order valence-electron chi connectivity index (χ1n) is 9.90. The highest BCUT2D eigenvalue weighted by Gasteiger charge is 2.43. The minimum Gasteiger partial charge on any atom is -0.439 e. The Balaban J connectivity index is 1.79. The van der Waals surface area contributed by atoms with Gasteiger partial charge in [0.2, 0.25) is 11.8 Å². The summed E-state index contributed by atoms with van der Waals surface area (Å²) in [5.74, 6) is -0.986. The minimum absolute atomic E-state index is 0.105. The summed E-state index contributed by atoms with van der Waals surface area (Å²) < 4.78 is 81.7. The first-order valence-corrected chi connectivity index (χ1v) is 11.4. The highest BCUT2D eigenvalue weighted by molar-refractivity contribution is 7.93. The highest BCUT2D eigenvalue weighted by atomic mass is 32.2. The van der Waals surface area contributed by atoms with E-state index in [4.69, 9.17) is 4.74 Å². The second kappa shape index (κ2) is 9.41. The van der Waals surface area contributed by atoms with Gasteiger partial charge in [0.25, 0.3) is 0 Å². The molecule has 6 nitrogen and oxygen atoms in total. The van der Waals surface area contributed by atoms with Gasteiger partial charge in [0.15, 0.2) is 9.84 Å². The summed E-state index contributed by atoms with van der Waals surface area (Å²) in [5, 5.41) is 2.47. The first-order chi connectivity index (χ1) is 15.8. The van der Waals surface area contributed by atoms with Gasteiger partial charge < -0.3 is 10.1 Å². The molecule has 3 aromatic rings. The van der Waals surface area contributed by atoms with Gasteiger partial charge in [0.05, 0.1) is 10.5 Å². The van der Waals surface area contributed by atoms with Gasteiger partial charge >= 0.3 is 6.18 Å². The van der Waals surface area contributed by atoms with Crippen LogP contribution in [-0.4, -0.2) is 24.1 Å². The third kappa shape index (κ3) is 5.36. The SMILES string of the molecule is CC(C)(C(=O)NCc1cccnc1Oc1ccc(F)cc1)S(=O)(=O)c1cccc(C(F)(F)F)c1. The first kappa shape index (κ1) is 25.2. The number of amides is 1. The van der Waals surface area contributed by atoms with E-state index < -0.39 is 42.9 Å². The van der Waals surface area contributed by atoms with Crippen molar-refractivity contribution in [1.82, 2.24) is 10.3 Å². The Morgan fingerprint density at radius 1 is 1.03 bits per heavy atom. The fraction of sp³-hybridized carbons (Fsp3) is 0.217. The van der Waals surface area contributed by atoms with Crippen LogP contribution in [0.3, 0.4) is 0 Å². The lowest BCUT2D eigenvalue weighted by Gasteiger charge is -2.24. The second-order valence-corrected chi connectivity index (χ2v) is 10.2. The molecule has 2 aromatic carbocycles. The van der Waals surface area contributed by atoms with Crippen molar-refractivity contribution in [3.63, 3.8) is 0 Å². The molecule has 0 saturated carbocycles. The summed E-state index contributed by atoms with van der Waals surface area (Å²) in [5.41, 5.74) is -0.741. The van der Waals surface area contributed by atoms with Crippen molar-refractivity contribution in [2.45, 2.75) is 36.2 Å². The Labute approximate surface area is 193 Å². The van der Waals surface area contributed by atoms with Crippen molar-refractivity contribution in [3.8, 4) is 11.6 Å². The number of halogens is 4. The number of sulfone groups is 1. The molecule has 0 aliphatic carbocycles. The molecule has 1 heterocycles. The maximum Gasteiger partial charge on any atom is 0.416 e. The molecular formula is C23H20F4N2O4S. The minimum atomic E-state index is -4.74. The lowest BCUT2D eigenvalue weighted by Crippen LogP contribution is -2.47. The number of ether oxygens (including phenoxy) is 1. The van der Waals surface area contributed by atoms with Crippen LogP contribution in [0.15, 0.2) is 71.8 Å². The number of rotatable bonds is 7. The number of hydrogen-bond donors (Lipinski definition) is 1. The van der Waals surface area contributed by atoms with Crippen LogP contribution in [0.5, 0.6) is 11.6 Å². The number of benzene rings is 2. The van der Waals surface area contributed by atoms with Crippen LogP contribution < -0.4 is 10.1 Å². The predicted molar refractivity (Wildman–Crippen MR) is 115 cm³/mol. The smallest absolute Gasteiger partial charge is 0.416 e. The summed E-state index contributed by atoms with van der Waals surface area (Å²) in [4.78, 5) is 16.3. The van der Waals surface area contributed by atoms with E-state index in [0.717, 1.165) is 32.0 Å². The zero-order valence-corrected chi connectivity index (χ0v) is 18.9. The van der Waals surface area contributed by atoms with E-state index in [9.17, 15) is 30.8 Å². The van der Waals surface area contributed by atoms with Gasteiger partial charge in [-0.3, -0.25) is 4.79 Å². The van der Waals surface area contributed by atoms with E-state index in [-0.39, 0.29) is 12.4 Å². The summed E-state index contributed by atoms with van der Waals surface area (Å²) in [6.45, 7) is 2.04. The van der Waals surface area contributed by atoms with Gasteiger partial charge in [-0.05, 0) is 62.4 Å². The standard InChI is InChI=1S/C23H20F4N2O4S/c1-22(2,34(31,32)19-7-3-6-16(13-19)23(25,26)27)21(30)29-14-15-5-4-12-28-20(15)33-18-10-8-17(24)9-11-18/h3-13H,14H2,1-2H3,(H,29,30). The Bertz CT molecular complexity index is 1290. The maximum absolute atomic E-state index is 13.1. The van der Waals surface area contributed by atoms with Crippen LogP contribution in [-0.2, 0) is 27.4 Å². The summed E-state index contributed by atoms with van der Waals surface area (Å²) >= 11 is 0. The fourth-order valence-corrected chi connectivity index (χ4v) is 4.35. The average Bonchev–Trinajstić information content (AvgIpc) is 2.79. The molecule has 0 fully saturated rings. The van der Waals surface area contributed by atoms with Crippen LogP contribution in [0.4, 0.5) is 17.6 Å². The molecule has 1 aromatic heterocycles. The fourth-order valence-electron chi connectivity index (χ4n) is 2.91. The van der Waals surface area contributed by atoms with E-state index in [1.165, 1.54) is 30.5 Å². The third-order valence-electron chi connectivity index (χ3n) is 5.01. The van der Waals surface area contributed by atoms with Crippen LogP contribution in [0.1, 0.15) is 25.0 Å². The van der Waals surface area contributed by atoms with Crippen molar-refractivity contribution >= 4 is 15.7 Å². The lowest BCUT2D eigenvalue weighted by atomic mass is 10.2. The normalized spacial score (nSPS) is 12.3. The number of pyridine rings is 1. The number of aromatic nitrogens is 1. The molecule has 0 spiro atoms. The number of alkyl halides is 3. The molecule has 11 heteroatoms. The molecule has 0 atom stereocenters. The molecule has 1 N–H and O–H groups in total. The van der Waals surface area contributed by atoms with E-state index >= 15 is 0 Å². The van der Waals surface area contributed by atoms with Crippen LogP contribution >= 0.6 is 0 Å². The largest absolute Gasteiger partial charge is 0.439 e. The zero-order chi connectivity index (χ0) is 25.1. The third-order valence-corrected chi connectivity index (χ3v) is 7.41. The van der Waals surface area contributed by atoms with E-state index in [2.05, 4.69) is 10.3 Å². The van der Waals surface area contributed by atoms with E-state index in [1.807, 2.05) is 0 Å². The summed E-state index contributed by atoms with van der Waals surface area (Å²) in [7, 11) is -4.48. The van der Waals surface area contributed by atoms with Gasteiger partial charge in [-0.2, -0.15) is 13.2 Å². The molecule has 0 aliphatic rings. The molecule has 0 radical (unpaired) electrons. The van der Waals surface area contributed by atoms with Gasteiger partial charge in [0.1, 0.15) is 16.3 Å². The molecule has 34 heavy (non-hydrogen) atoms. The molecule has 3 rings (SSSR count). The van der Waals surface area contributed by atoms with E-state index in [0.29, 0.717) is 17.4 Å². The number of carbonyl (C=O) groups is 1. The van der Waals surface area contributed by atoms with E-state index in [1.54, 1.807) is 12.1 Å². The topological polar surface area (TPSA) is 85.4 Å². The summed E-state index contributed by atoms with van der Waals surface area (Å²) in [6.07, 6.45) is -3.30. The lowest BCUT2D eigenvalue weighted by molar-refractivity contribution is -0.137. The molecule has 0 aliphatic heterocycles. The quantitative estimate of drug-likeness (QED) is 0.471. The zero-order valence-electron chi connectivity index (χ0n) is 18.1. The Morgan fingerprint density at radius 3 is 2.35 bits per heavy atom. The van der Waals surface area contributed by atoms with Crippen molar-refractivity contribution in [2.75, 3.05) is 0 Å². The Kier molecular flexibility index (Phi) is 6.97. The van der Waals surface area contributed by atoms with Gasteiger partial charge in [-0.1, -0.05) is 12.1 Å². The highest BCUT2D eigenvalue weighted by Crippen LogP contribution is 2.33. The van der Waals surface area contributed by atoms with Crippen molar-refractivity contribution < 1.29 is 35.5 Å². The molecule has 1 amide bonds. The number of hydrogen-bond acceptors (Lipinski definition) is 5. The Hall–Kier alpha value is -3.47. The number of nitrogens with zero attached hydrogens (tertiary/aromatic N) is 1. The van der Waals surface area contributed by atoms with Crippen LogP contribution in [0.25, 0.3) is 0 Å². The molecule has 0 bridgehead atoms. The number of nitrogens with one attached hydrogen (secondary N) is 1. The van der Waals surface area contributed by atoms with Crippen molar-refractivity contribution in [1.29, 1.82) is 0 Å². The van der Waals surface area contributed by atoms with Crippen LogP contribution in [0, 0.1) is 5.82 Å². The second-order valence-electron chi connectivity index (χ2n) is 7.75. The molecule has 0 unspecified atom stereocenters. The predicted octanol–water partition coefficient (Wildman–Crippen LogP) is 4.90. The average molecular weight is 496 g/mol. The molecular weight excluding hydrogens is 476 g/mol. The van der Waals surface area contributed by atoms with Crippen LogP contribution in [0.2, 0.25) is 0 Å². The van der Waals surface area contributed by atoms with Gasteiger partial charge in [0, 0.05) is 18.3 Å². The monoisotopic (exact) mass is 496 g/mol. The van der Waals surface area contributed by atoms with Gasteiger partial charge in [-0.15, -0.1) is 0 Å². The Morgan fingerprint density at radius 2 is 1.71 bits per heavy atom. The van der Waals surface area contributed by atoms with Gasteiger partial charge in [-0.25, -0.2) is 17.8 Å². The summed E-state index contributed by atoms with van der Waals surface area (Å²) in [6, 6.07) is 11.5. The molecule has 180 valence electrons. The molecule has 0 saturated heterocycles.